The van der Waals surface area contributed by atoms with Gasteiger partial charge < -0.3 is 11.1 Å². The number of hydrogen-bond donors (Lipinski definition) is 2. The SMILES string of the molecule is Cc1ccc(NC(=O)CSCCN)c(C)c1. The third-order valence-electron chi connectivity index (χ3n) is 2.15. The highest BCUT2D eigenvalue weighted by atomic mass is 32.2. The van der Waals surface area contributed by atoms with Crippen LogP contribution < -0.4 is 11.1 Å². The first-order chi connectivity index (χ1) is 7.63. The fraction of sp³-hybridized carbons (Fsp3) is 0.417. The molecule has 0 spiro atoms. The zero-order valence-corrected chi connectivity index (χ0v) is 10.6. The Hall–Kier alpha value is -1.00. The van der Waals surface area contributed by atoms with E-state index in [-0.39, 0.29) is 5.91 Å². The quantitative estimate of drug-likeness (QED) is 0.771. The third kappa shape index (κ3) is 4.24. The highest BCUT2D eigenvalue weighted by molar-refractivity contribution is 7.99. The maximum atomic E-state index is 11.6. The van der Waals surface area contributed by atoms with Crippen LogP contribution in [0.3, 0.4) is 0 Å². The van der Waals surface area contributed by atoms with E-state index in [4.69, 9.17) is 5.73 Å². The zero-order chi connectivity index (χ0) is 12.0. The van der Waals surface area contributed by atoms with Crippen LogP contribution in [0.4, 0.5) is 5.69 Å². The normalized spacial score (nSPS) is 10.2. The summed E-state index contributed by atoms with van der Waals surface area (Å²) in [6.07, 6.45) is 0. The second-order valence-corrected chi connectivity index (χ2v) is 4.81. The molecule has 0 saturated heterocycles. The zero-order valence-electron chi connectivity index (χ0n) is 9.75. The summed E-state index contributed by atoms with van der Waals surface area (Å²) in [7, 11) is 0. The average molecular weight is 238 g/mol. The Balaban J connectivity index is 2.49. The van der Waals surface area contributed by atoms with Gasteiger partial charge in [-0.05, 0) is 25.5 Å². The Labute approximate surface area is 101 Å². The first-order valence-electron chi connectivity index (χ1n) is 5.28. The van der Waals surface area contributed by atoms with Gasteiger partial charge >= 0.3 is 0 Å². The number of nitrogens with one attached hydrogen (secondary N) is 1. The lowest BCUT2D eigenvalue weighted by Gasteiger charge is -2.08. The first kappa shape index (κ1) is 13.1. The Morgan fingerprint density at radius 1 is 1.44 bits per heavy atom. The highest BCUT2D eigenvalue weighted by Gasteiger charge is 2.04. The molecular formula is C12H18N2OS. The molecule has 0 aromatic heterocycles. The molecule has 0 aliphatic heterocycles. The summed E-state index contributed by atoms with van der Waals surface area (Å²) >= 11 is 1.55. The van der Waals surface area contributed by atoms with Crippen LogP contribution in [0, 0.1) is 13.8 Å². The second-order valence-electron chi connectivity index (χ2n) is 3.71. The van der Waals surface area contributed by atoms with E-state index in [1.807, 2.05) is 26.0 Å². The van der Waals surface area contributed by atoms with Gasteiger partial charge in [0.05, 0.1) is 5.75 Å². The minimum absolute atomic E-state index is 0.0328. The van der Waals surface area contributed by atoms with Crippen molar-refractivity contribution in [1.82, 2.24) is 0 Å². The van der Waals surface area contributed by atoms with Crippen LogP contribution in [0.5, 0.6) is 0 Å². The number of thioether (sulfide) groups is 1. The van der Waals surface area contributed by atoms with Gasteiger partial charge in [0, 0.05) is 18.0 Å². The molecule has 0 unspecified atom stereocenters. The molecule has 0 atom stereocenters. The van der Waals surface area contributed by atoms with Crippen molar-refractivity contribution >= 4 is 23.4 Å². The molecule has 88 valence electrons. The molecular weight excluding hydrogens is 220 g/mol. The molecule has 0 fully saturated rings. The van der Waals surface area contributed by atoms with Crippen molar-refractivity contribution in [3.05, 3.63) is 29.3 Å². The number of benzene rings is 1. The first-order valence-corrected chi connectivity index (χ1v) is 6.44. The van der Waals surface area contributed by atoms with Gasteiger partial charge in [0.1, 0.15) is 0 Å². The van der Waals surface area contributed by atoms with Crippen molar-refractivity contribution in [2.45, 2.75) is 13.8 Å². The van der Waals surface area contributed by atoms with Crippen LogP contribution in [-0.2, 0) is 4.79 Å². The fourth-order valence-corrected chi connectivity index (χ4v) is 1.96. The summed E-state index contributed by atoms with van der Waals surface area (Å²) in [6, 6.07) is 5.99. The Bertz CT molecular complexity index is 366. The number of rotatable bonds is 5. The summed E-state index contributed by atoms with van der Waals surface area (Å²) in [6.45, 7) is 4.65. The molecule has 1 rings (SSSR count). The maximum Gasteiger partial charge on any atom is 0.234 e. The standard InChI is InChI=1S/C12H18N2OS/c1-9-3-4-11(10(2)7-9)14-12(15)8-16-6-5-13/h3-4,7H,5-6,8,13H2,1-2H3,(H,14,15). The van der Waals surface area contributed by atoms with Gasteiger partial charge in [-0.25, -0.2) is 0 Å². The number of amides is 1. The molecule has 1 aromatic carbocycles. The number of anilines is 1. The van der Waals surface area contributed by atoms with E-state index in [1.54, 1.807) is 11.8 Å². The van der Waals surface area contributed by atoms with Crippen LogP contribution in [0.15, 0.2) is 18.2 Å². The topological polar surface area (TPSA) is 55.1 Å². The summed E-state index contributed by atoms with van der Waals surface area (Å²) in [4.78, 5) is 11.6. The van der Waals surface area contributed by atoms with Gasteiger partial charge in [-0.3, -0.25) is 4.79 Å². The van der Waals surface area contributed by atoms with Crippen LogP contribution in [0.2, 0.25) is 0 Å². The van der Waals surface area contributed by atoms with Gasteiger partial charge in [0.2, 0.25) is 5.91 Å². The number of carbonyl (C=O) groups excluding carboxylic acids is 1. The lowest BCUT2D eigenvalue weighted by Crippen LogP contribution is -2.16. The fourth-order valence-electron chi connectivity index (χ4n) is 1.39. The smallest absolute Gasteiger partial charge is 0.234 e. The predicted molar refractivity (Wildman–Crippen MR) is 70.9 cm³/mol. The van der Waals surface area contributed by atoms with E-state index in [1.165, 1.54) is 5.56 Å². The van der Waals surface area contributed by atoms with Gasteiger partial charge in [-0.15, -0.1) is 0 Å². The van der Waals surface area contributed by atoms with Gasteiger partial charge in [0.25, 0.3) is 0 Å². The van der Waals surface area contributed by atoms with E-state index in [0.717, 1.165) is 17.0 Å². The number of aryl methyl sites for hydroxylation is 2. The minimum atomic E-state index is 0.0328. The van der Waals surface area contributed by atoms with E-state index in [9.17, 15) is 4.79 Å². The minimum Gasteiger partial charge on any atom is -0.330 e. The van der Waals surface area contributed by atoms with E-state index < -0.39 is 0 Å². The average Bonchev–Trinajstić information content (AvgIpc) is 2.23. The van der Waals surface area contributed by atoms with Crippen molar-refractivity contribution in [1.29, 1.82) is 0 Å². The third-order valence-corrected chi connectivity index (χ3v) is 3.14. The van der Waals surface area contributed by atoms with Crippen molar-refractivity contribution < 1.29 is 4.79 Å². The van der Waals surface area contributed by atoms with Crippen LogP contribution in [0.25, 0.3) is 0 Å². The Morgan fingerprint density at radius 3 is 2.81 bits per heavy atom. The van der Waals surface area contributed by atoms with Crippen LogP contribution in [-0.4, -0.2) is 24.0 Å². The van der Waals surface area contributed by atoms with Gasteiger partial charge in [-0.1, -0.05) is 17.7 Å². The lowest BCUT2D eigenvalue weighted by molar-refractivity contribution is -0.113. The van der Waals surface area contributed by atoms with Crippen molar-refractivity contribution in [2.75, 3.05) is 23.4 Å². The molecule has 3 N–H and O–H groups in total. The van der Waals surface area contributed by atoms with Crippen molar-refractivity contribution in [2.24, 2.45) is 5.73 Å². The predicted octanol–water partition coefficient (Wildman–Crippen LogP) is 1.93. The van der Waals surface area contributed by atoms with E-state index >= 15 is 0 Å². The van der Waals surface area contributed by atoms with Crippen LogP contribution >= 0.6 is 11.8 Å². The number of hydrogen-bond acceptors (Lipinski definition) is 3. The molecule has 0 aliphatic rings. The largest absolute Gasteiger partial charge is 0.330 e. The molecule has 16 heavy (non-hydrogen) atoms. The summed E-state index contributed by atoms with van der Waals surface area (Å²) < 4.78 is 0. The molecule has 3 nitrogen and oxygen atoms in total. The molecule has 1 aromatic rings. The highest BCUT2D eigenvalue weighted by Crippen LogP contribution is 2.16. The molecule has 1 amide bonds. The van der Waals surface area contributed by atoms with E-state index in [2.05, 4.69) is 11.4 Å². The molecule has 0 aliphatic carbocycles. The van der Waals surface area contributed by atoms with Crippen molar-refractivity contribution in [3.8, 4) is 0 Å². The lowest BCUT2D eigenvalue weighted by atomic mass is 10.1. The van der Waals surface area contributed by atoms with Crippen molar-refractivity contribution in [3.63, 3.8) is 0 Å². The molecule has 0 bridgehead atoms. The number of nitrogens with two attached hydrogens (primary N) is 1. The summed E-state index contributed by atoms with van der Waals surface area (Å²) in [5.41, 5.74) is 8.54. The Kier molecular flexibility index (Phi) is 5.35. The molecule has 4 heteroatoms. The molecule has 0 heterocycles. The summed E-state index contributed by atoms with van der Waals surface area (Å²) in [5.74, 6) is 1.32. The van der Waals surface area contributed by atoms with E-state index in [0.29, 0.717) is 12.3 Å². The number of carbonyl (C=O) groups is 1. The monoisotopic (exact) mass is 238 g/mol. The maximum absolute atomic E-state index is 11.6. The molecule has 0 radical (unpaired) electrons. The second kappa shape index (κ2) is 6.55. The Morgan fingerprint density at radius 2 is 2.19 bits per heavy atom. The van der Waals surface area contributed by atoms with Crippen LogP contribution in [0.1, 0.15) is 11.1 Å². The van der Waals surface area contributed by atoms with Gasteiger partial charge in [-0.2, -0.15) is 11.8 Å². The summed E-state index contributed by atoms with van der Waals surface area (Å²) in [5, 5.41) is 2.90. The molecule has 0 saturated carbocycles. The van der Waals surface area contributed by atoms with Gasteiger partial charge in [0.15, 0.2) is 0 Å².